The molecular formula is C10H13N3OS. The Labute approximate surface area is 91.4 Å². The van der Waals surface area contributed by atoms with Crippen LogP contribution in [0.4, 0.5) is 0 Å². The molecule has 1 atom stereocenters. The van der Waals surface area contributed by atoms with E-state index in [4.69, 9.17) is 5.53 Å². The summed E-state index contributed by atoms with van der Waals surface area (Å²) in [7, 11) is -1.07. The first-order valence-electron chi connectivity index (χ1n) is 4.61. The highest BCUT2D eigenvalue weighted by Crippen LogP contribution is 2.13. The van der Waals surface area contributed by atoms with Gasteiger partial charge in [-0.15, -0.1) is 0 Å². The van der Waals surface area contributed by atoms with Crippen molar-refractivity contribution in [2.45, 2.75) is 18.7 Å². The van der Waals surface area contributed by atoms with Gasteiger partial charge < -0.3 is 0 Å². The molecule has 0 aliphatic rings. The summed E-state index contributed by atoms with van der Waals surface area (Å²) < 4.78 is 11.7. The maximum absolute atomic E-state index is 11.7. The molecule has 0 saturated carbocycles. The quantitative estimate of drug-likeness (QED) is 0.439. The van der Waals surface area contributed by atoms with Crippen LogP contribution in [0.5, 0.6) is 0 Å². The van der Waals surface area contributed by atoms with E-state index in [9.17, 15) is 4.21 Å². The molecule has 0 heterocycles. The van der Waals surface area contributed by atoms with Crippen LogP contribution in [0.3, 0.4) is 0 Å². The zero-order chi connectivity index (χ0) is 11.3. The van der Waals surface area contributed by atoms with Gasteiger partial charge in [-0.2, -0.15) is 0 Å². The average Bonchev–Trinajstić information content (AvgIpc) is 2.22. The third-order valence-corrected chi connectivity index (χ3v) is 3.51. The lowest BCUT2D eigenvalue weighted by Gasteiger charge is -2.03. The summed E-state index contributed by atoms with van der Waals surface area (Å²) in [6.45, 7) is 4.28. The predicted molar refractivity (Wildman–Crippen MR) is 61.2 cm³/mol. The van der Waals surface area contributed by atoms with E-state index in [1.54, 1.807) is 0 Å². The second kappa shape index (κ2) is 5.53. The monoisotopic (exact) mass is 223 g/mol. The minimum Gasteiger partial charge on any atom is -0.254 e. The second-order valence-electron chi connectivity index (χ2n) is 3.25. The van der Waals surface area contributed by atoms with Crippen LogP contribution in [0.2, 0.25) is 0 Å². The van der Waals surface area contributed by atoms with Crippen molar-refractivity contribution in [1.29, 1.82) is 0 Å². The number of aryl methyl sites for hydroxylation is 2. The van der Waals surface area contributed by atoms with Crippen molar-refractivity contribution in [3.8, 4) is 0 Å². The van der Waals surface area contributed by atoms with E-state index in [1.807, 2.05) is 32.0 Å². The number of hydrogen-bond donors (Lipinski definition) is 0. The fraction of sp³-hybridized carbons (Fsp3) is 0.400. The van der Waals surface area contributed by atoms with Gasteiger partial charge in [0, 0.05) is 22.1 Å². The predicted octanol–water partition coefficient (Wildman–Crippen LogP) is 2.72. The Hall–Kier alpha value is -1.32. The molecule has 4 nitrogen and oxygen atoms in total. The first kappa shape index (κ1) is 11.8. The minimum absolute atomic E-state index is 0.274. The largest absolute Gasteiger partial charge is 0.254 e. The fourth-order valence-electron chi connectivity index (χ4n) is 1.14. The zero-order valence-electron chi connectivity index (χ0n) is 8.80. The molecule has 1 unspecified atom stereocenters. The minimum atomic E-state index is -1.07. The average molecular weight is 223 g/mol. The lowest BCUT2D eigenvalue weighted by atomic mass is 10.1. The highest BCUT2D eigenvalue weighted by molar-refractivity contribution is 7.85. The van der Waals surface area contributed by atoms with Gasteiger partial charge >= 0.3 is 0 Å². The fourth-order valence-corrected chi connectivity index (χ4v) is 2.15. The Morgan fingerprint density at radius 1 is 1.40 bits per heavy atom. The SMILES string of the molecule is Cc1ccc(S(=O)CCN=[N+]=[N-])cc1C. The summed E-state index contributed by atoms with van der Waals surface area (Å²) in [6.07, 6.45) is 0. The summed E-state index contributed by atoms with van der Waals surface area (Å²) >= 11 is 0. The van der Waals surface area contributed by atoms with Gasteiger partial charge in [0.2, 0.25) is 0 Å². The third-order valence-electron chi connectivity index (χ3n) is 2.18. The Bertz CT molecular complexity index is 425. The zero-order valence-corrected chi connectivity index (χ0v) is 9.62. The molecule has 0 bridgehead atoms. The molecule has 0 N–H and O–H groups in total. The van der Waals surface area contributed by atoms with E-state index in [0.717, 1.165) is 10.5 Å². The van der Waals surface area contributed by atoms with Crippen molar-refractivity contribution in [3.05, 3.63) is 39.8 Å². The van der Waals surface area contributed by atoms with Gasteiger partial charge in [-0.25, -0.2) is 0 Å². The summed E-state index contributed by atoms with van der Waals surface area (Å²) in [4.78, 5) is 3.42. The Morgan fingerprint density at radius 3 is 2.73 bits per heavy atom. The molecule has 1 aromatic rings. The molecule has 5 heteroatoms. The van der Waals surface area contributed by atoms with E-state index in [1.165, 1.54) is 5.56 Å². The van der Waals surface area contributed by atoms with E-state index < -0.39 is 10.8 Å². The number of azide groups is 1. The molecule has 0 aliphatic carbocycles. The standard InChI is InChI=1S/C10H13N3OS/c1-8-3-4-10(7-9(8)2)15(14)6-5-12-13-11/h3-4,7H,5-6H2,1-2H3. The number of hydrogen-bond acceptors (Lipinski definition) is 2. The number of benzene rings is 1. The molecule has 0 saturated heterocycles. The summed E-state index contributed by atoms with van der Waals surface area (Å²) in [5.41, 5.74) is 10.4. The molecule has 0 aromatic heterocycles. The highest BCUT2D eigenvalue weighted by atomic mass is 32.2. The van der Waals surface area contributed by atoms with Crippen LogP contribution in [0.15, 0.2) is 28.2 Å². The molecule has 15 heavy (non-hydrogen) atoms. The molecule has 0 amide bonds. The van der Waals surface area contributed by atoms with Crippen molar-refractivity contribution in [2.24, 2.45) is 5.11 Å². The molecule has 1 aromatic carbocycles. The van der Waals surface area contributed by atoms with Gasteiger partial charge in [0.25, 0.3) is 0 Å². The van der Waals surface area contributed by atoms with Crippen molar-refractivity contribution >= 4 is 10.8 Å². The van der Waals surface area contributed by atoms with Gasteiger partial charge in [0.15, 0.2) is 0 Å². The lowest BCUT2D eigenvalue weighted by molar-refractivity contribution is 0.682. The molecule has 0 spiro atoms. The second-order valence-corrected chi connectivity index (χ2v) is 4.82. The molecule has 0 fully saturated rings. The number of rotatable bonds is 4. The lowest BCUT2D eigenvalue weighted by Crippen LogP contribution is -2.01. The molecule has 1 rings (SSSR count). The first-order valence-corrected chi connectivity index (χ1v) is 5.93. The molecule has 0 radical (unpaired) electrons. The van der Waals surface area contributed by atoms with Crippen molar-refractivity contribution in [3.63, 3.8) is 0 Å². The molecule has 80 valence electrons. The van der Waals surface area contributed by atoms with Crippen LogP contribution in [0.25, 0.3) is 10.4 Å². The van der Waals surface area contributed by atoms with Crippen LogP contribution < -0.4 is 0 Å². The van der Waals surface area contributed by atoms with Crippen LogP contribution >= 0.6 is 0 Å². The van der Waals surface area contributed by atoms with Crippen LogP contribution in [-0.2, 0) is 10.8 Å². The molecule has 0 aliphatic heterocycles. The molecular weight excluding hydrogens is 210 g/mol. The normalized spacial score (nSPS) is 11.9. The van der Waals surface area contributed by atoms with Crippen molar-refractivity contribution < 1.29 is 4.21 Å². The van der Waals surface area contributed by atoms with Gasteiger partial charge in [0.1, 0.15) is 0 Å². The van der Waals surface area contributed by atoms with Crippen LogP contribution in [0, 0.1) is 13.8 Å². The Morgan fingerprint density at radius 2 is 2.13 bits per heavy atom. The summed E-state index contributed by atoms with van der Waals surface area (Å²) in [6, 6.07) is 5.73. The van der Waals surface area contributed by atoms with E-state index >= 15 is 0 Å². The van der Waals surface area contributed by atoms with Crippen LogP contribution in [-0.4, -0.2) is 16.5 Å². The van der Waals surface area contributed by atoms with E-state index in [0.29, 0.717) is 5.75 Å². The highest BCUT2D eigenvalue weighted by Gasteiger charge is 2.03. The van der Waals surface area contributed by atoms with Gasteiger partial charge in [0.05, 0.1) is 10.8 Å². The maximum atomic E-state index is 11.7. The summed E-state index contributed by atoms with van der Waals surface area (Å²) in [5, 5.41) is 3.36. The van der Waals surface area contributed by atoms with Crippen molar-refractivity contribution in [1.82, 2.24) is 0 Å². The Kier molecular flexibility index (Phi) is 4.34. The smallest absolute Gasteiger partial charge is 0.0530 e. The van der Waals surface area contributed by atoms with Gasteiger partial charge in [-0.1, -0.05) is 11.2 Å². The topological polar surface area (TPSA) is 65.8 Å². The van der Waals surface area contributed by atoms with Gasteiger partial charge in [-0.3, -0.25) is 4.21 Å². The maximum Gasteiger partial charge on any atom is 0.0530 e. The van der Waals surface area contributed by atoms with E-state index in [-0.39, 0.29) is 6.54 Å². The third kappa shape index (κ3) is 3.38. The van der Waals surface area contributed by atoms with E-state index in [2.05, 4.69) is 10.0 Å². The number of nitrogens with zero attached hydrogens (tertiary/aromatic N) is 3. The van der Waals surface area contributed by atoms with Gasteiger partial charge in [-0.05, 0) is 42.6 Å². The Balaban J connectivity index is 2.74. The summed E-state index contributed by atoms with van der Waals surface area (Å²) in [5.74, 6) is 0.382. The first-order chi connectivity index (χ1) is 7.15. The van der Waals surface area contributed by atoms with Crippen molar-refractivity contribution in [2.75, 3.05) is 12.3 Å². The van der Waals surface area contributed by atoms with Crippen LogP contribution in [0.1, 0.15) is 11.1 Å².